The van der Waals surface area contributed by atoms with Crippen molar-refractivity contribution in [2.24, 2.45) is 0 Å². The highest BCUT2D eigenvalue weighted by molar-refractivity contribution is 5.87. The number of carbonyl (C=O) groups excluding carboxylic acids is 2. The Kier molecular flexibility index (Phi) is 6.09. The van der Waals surface area contributed by atoms with Gasteiger partial charge in [0.15, 0.2) is 5.60 Å². The minimum absolute atomic E-state index is 0.0484. The van der Waals surface area contributed by atoms with Gasteiger partial charge in [0.25, 0.3) is 5.91 Å². The van der Waals surface area contributed by atoms with Crippen molar-refractivity contribution >= 4 is 11.8 Å². The van der Waals surface area contributed by atoms with E-state index in [-0.39, 0.29) is 18.4 Å². The summed E-state index contributed by atoms with van der Waals surface area (Å²) in [7, 11) is 3.45. The molecule has 0 bridgehead atoms. The number of nitrogens with zero attached hydrogens (tertiary/aromatic N) is 3. The third-order valence-electron chi connectivity index (χ3n) is 5.09. The lowest BCUT2D eigenvalue weighted by Crippen LogP contribution is -2.61. The average Bonchev–Trinajstić information content (AvgIpc) is 2.73. The van der Waals surface area contributed by atoms with Gasteiger partial charge in [-0.25, -0.2) is 0 Å². The molecule has 1 unspecified atom stereocenters. The van der Waals surface area contributed by atoms with Crippen molar-refractivity contribution in [2.45, 2.75) is 25.4 Å². The zero-order valence-corrected chi connectivity index (χ0v) is 16.7. The number of hydrogen-bond donors (Lipinski definition) is 0. The van der Waals surface area contributed by atoms with Crippen LogP contribution in [-0.2, 0) is 20.7 Å². The van der Waals surface area contributed by atoms with Crippen LogP contribution in [0.25, 0.3) is 11.1 Å². The molecule has 1 saturated heterocycles. The van der Waals surface area contributed by atoms with Crippen LogP contribution in [0.5, 0.6) is 0 Å². The first-order valence-corrected chi connectivity index (χ1v) is 9.58. The summed E-state index contributed by atoms with van der Waals surface area (Å²) in [4.78, 5) is 32.6. The summed E-state index contributed by atoms with van der Waals surface area (Å²) < 4.78 is 6.04. The number of aromatic nitrogens is 1. The number of rotatable bonds is 5. The van der Waals surface area contributed by atoms with E-state index in [0.29, 0.717) is 26.0 Å². The molecule has 0 saturated carbocycles. The zero-order valence-electron chi connectivity index (χ0n) is 16.7. The second-order valence-corrected chi connectivity index (χ2v) is 7.32. The molecule has 2 aromatic rings. The Hall–Kier alpha value is -2.73. The number of amides is 2. The lowest BCUT2D eigenvalue weighted by molar-refractivity contribution is -0.172. The average molecular weight is 381 g/mol. The predicted molar refractivity (Wildman–Crippen MR) is 108 cm³/mol. The van der Waals surface area contributed by atoms with Crippen LogP contribution in [0.15, 0.2) is 48.8 Å². The molecule has 148 valence electrons. The smallest absolute Gasteiger partial charge is 0.256 e. The van der Waals surface area contributed by atoms with Crippen LogP contribution in [0.1, 0.15) is 18.9 Å². The highest BCUT2D eigenvalue weighted by Gasteiger charge is 2.45. The van der Waals surface area contributed by atoms with Crippen LogP contribution in [-0.4, -0.2) is 66.0 Å². The van der Waals surface area contributed by atoms with E-state index < -0.39 is 5.60 Å². The summed E-state index contributed by atoms with van der Waals surface area (Å²) in [6.45, 7) is 3.00. The zero-order chi connectivity index (χ0) is 20.1. The minimum atomic E-state index is -1.05. The second-order valence-electron chi connectivity index (χ2n) is 7.32. The van der Waals surface area contributed by atoms with Crippen LogP contribution in [0.3, 0.4) is 0 Å². The molecule has 28 heavy (non-hydrogen) atoms. The van der Waals surface area contributed by atoms with E-state index in [1.54, 1.807) is 36.3 Å². The summed E-state index contributed by atoms with van der Waals surface area (Å²) in [6.07, 6.45) is 4.38. The monoisotopic (exact) mass is 381 g/mol. The van der Waals surface area contributed by atoms with Gasteiger partial charge in [-0.3, -0.25) is 14.6 Å². The Balaban J connectivity index is 1.86. The molecule has 6 nitrogen and oxygen atoms in total. The fourth-order valence-corrected chi connectivity index (χ4v) is 3.63. The third kappa shape index (κ3) is 4.22. The van der Waals surface area contributed by atoms with Crippen molar-refractivity contribution in [1.29, 1.82) is 0 Å². The Morgan fingerprint density at radius 2 is 1.75 bits per heavy atom. The van der Waals surface area contributed by atoms with Gasteiger partial charge in [0.05, 0.1) is 13.2 Å². The van der Waals surface area contributed by atoms with Gasteiger partial charge in [0.1, 0.15) is 0 Å². The van der Waals surface area contributed by atoms with Crippen molar-refractivity contribution in [3.63, 3.8) is 0 Å². The van der Waals surface area contributed by atoms with Gasteiger partial charge in [-0.05, 0) is 28.8 Å². The van der Waals surface area contributed by atoms with Crippen LogP contribution in [0, 0.1) is 0 Å². The van der Waals surface area contributed by atoms with Crippen molar-refractivity contribution in [3.8, 4) is 11.1 Å². The molecule has 1 aromatic carbocycles. The molecule has 0 radical (unpaired) electrons. The number of pyridine rings is 1. The fourth-order valence-electron chi connectivity index (χ4n) is 3.63. The molecule has 1 fully saturated rings. The van der Waals surface area contributed by atoms with Gasteiger partial charge in [0.2, 0.25) is 5.91 Å². The van der Waals surface area contributed by atoms with E-state index in [0.717, 1.165) is 16.7 Å². The quantitative estimate of drug-likeness (QED) is 0.798. The molecule has 0 spiro atoms. The van der Waals surface area contributed by atoms with Gasteiger partial charge in [-0.2, -0.15) is 0 Å². The highest BCUT2D eigenvalue weighted by atomic mass is 16.5. The molecule has 2 heterocycles. The molecule has 0 aliphatic carbocycles. The Bertz CT molecular complexity index is 821. The lowest BCUT2D eigenvalue weighted by atomic mass is 9.90. The van der Waals surface area contributed by atoms with Gasteiger partial charge in [0, 0.05) is 45.9 Å². The molecular formula is C22H27N3O3. The van der Waals surface area contributed by atoms with E-state index >= 15 is 0 Å². The number of likely N-dealkylation sites (N-methyl/N-ethyl adjacent to an activating group) is 1. The first kappa shape index (κ1) is 20.0. The van der Waals surface area contributed by atoms with Crippen LogP contribution < -0.4 is 0 Å². The predicted octanol–water partition coefficient (Wildman–Crippen LogP) is 2.39. The number of carbonyl (C=O) groups is 2. The van der Waals surface area contributed by atoms with Crippen LogP contribution >= 0.6 is 0 Å². The van der Waals surface area contributed by atoms with E-state index in [1.165, 1.54) is 0 Å². The Morgan fingerprint density at radius 1 is 1.11 bits per heavy atom. The second kappa shape index (κ2) is 8.52. The molecule has 1 aromatic heterocycles. The van der Waals surface area contributed by atoms with Crippen molar-refractivity contribution in [3.05, 3.63) is 54.4 Å². The highest BCUT2D eigenvalue weighted by Crippen LogP contribution is 2.27. The summed E-state index contributed by atoms with van der Waals surface area (Å²) in [6, 6.07) is 12.0. The van der Waals surface area contributed by atoms with Crippen LogP contribution in [0.4, 0.5) is 0 Å². The minimum Gasteiger partial charge on any atom is -0.361 e. The standard InChI is InChI=1S/C22H27N3O3/c1-4-20(26)25-13-14-28-22(16-25,21(27)24(2)3)15-17-5-7-18(8-6-17)19-9-11-23-12-10-19/h5-12H,4,13-16H2,1-3H3. The topological polar surface area (TPSA) is 62.7 Å². The Morgan fingerprint density at radius 3 is 2.36 bits per heavy atom. The molecule has 6 heteroatoms. The molecule has 0 N–H and O–H groups in total. The van der Waals surface area contributed by atoms with Gasteiger partial charge in [-0.15, -0.1) is 0 Å². The molecule has 1 aliphatic heterocycles. The van der Waals surface area contributed by atoms with Crippen LogP contribution in [0.2, 0.25) is 0 Å². The molecular weight excluding hydrogens is 354 g/mol. The molecule has 2 amide bonds. The van der Waals surface area contributed by atoms with E-state index in [9.17, 15) is 9.59 Å². The van der Waals surface area contributed by atoms with Gasteiger partial charge < -0.3 is 14.5 Å². The maximum atomic E-state index is 13.0. The molecule has 1 aliphatic rings. The van der Waals surface area contributed by atoms with E-state index in [4.69, 9.17) is 4.74 Å². The maximum Gasteiger partial charge on any atom is 0.256 e. The SMILES string of the molecule is CCC(=O)N1CCOC(Cc2ccc(-c3ccncc3)cc2)(C(=O)N(C)C)C1. The summed E-state index contributed by atoms with van der Waals surface area (Å²) in [5.41, 5.74) is 2.13. The first-order chi connectivity index (χ1) is 13.4. The molecule has 3 rings (SSSR count). The van der Waals surface area contributed by atoms with E-state index in [1.807, 2.05) is 43.3 Å². The number of ether oxygens (including phenoxy) is 1. The summed E-state index contributed by atoms with van der Waals surface area (Å²) in [5.74, 6) is -0.0634. The normalized spacial score (nSPS) is 19.3. The lowest BCUT2D eigenvalue weighted by Gasteiger charge is -2.42. The first-order valence-electron chi connectivity index (χ1n) is 9.58. The van der Waals surface area contributed by atoms with Gasteiger partial charge in [-0.1, -0.05) is 31.2 Å². The van der Waals surface area contributed by atoms with Crippen molar-refractivity contribution in [2.75, 3.05) is 33.8 Å². The molecule has 1 atom stereocenters. The van der Waals surface area contributed by atoms with Crippen molar-refractivity contribution < 1.29 is 14.3 Å². The summed E-state index contributed by atoms with van der Waals surface area (Å²) >= 11 is 0. The summed E-state index contributed by atoms with van der Waals surface area (Å²) in [5, 5.41) is 0. The van der Waals surface area contributed by atoms with Gasteiger partial charge >= 0.3 is 0 Å². The number of hydrogen-bond acceptors (Lipinski definition) is 4. The third-order valence-corrected chi connectivity index (χ3v) is 5.09. The van der Waals surface area contributed by atoms with Crippen molar-refractivity contribution in [1.82, 2.24) is 14.8 Å². The largest absolute Gasteiger partial charge is 0.361 e. The number of benzene rings is 1. The van der Waals surface area contributed by atoms with E-state index in [2.05, 4.69) is 4.98 Å². The maximum absolute atomic E-state index is 13.0. The number of morpholine rings is 1. The fraction of sp³-hybridized carbons (Fsp3) is 0.409. The Labute approximate surface area is 166 Å².